The zero-order valence-electron chi connectivity index (χ0n) is 8.00. The van der Waals surface area contributed by atoms with Gasteiger partial charge >= 0.3 is 0 Å². The number of carbonyl (C=O) groups excluding carboxylic acids is 1. The summed E-state index contributed by atoms with van der Waals surface area (Å²) in [5.74, 6) is 0. The van der Waals surface area contributed by atoms with Crippen molar-refractivity contribution in [2.45, 2.75) is 13.5 Å². The fraction of sp³-hybridized carbons (Fsp3) is 0.182. The number of aromatic nitrogens is 1. The first-order valence-corrected chi connectivity index (χ1v) is 4.55. The lowest BCUT2D eigenvalue weighted by atomic mass is 10.1. The Hall–Kier alpha value is -1.77. The Balaban J connectivity index is 2.35. The molecule has 0 saturated heterocycles. The number of H-pyrrole nitrogens is 1. The highest BCUT2D eigenvalue weighted by atomic mass is 16.1. The first-order chi connectivity index (χ1) is 6.79. The molecule has 0 aliphatic heterocycles. The second-order valence-corrected chi connectivity index (χ2v) is 3.37. The van der Waals surface area contributed by atoms with Crippen LogP contribution in [0.15, 0.2) is 24.3 Å². The molecule has 2 N–H and O–H groups in total. The number of nitrogens with one attached hydrogen (secondary N) is 2. The standard InChI is InChI=1S/C11H12N2O/c1-8-4-10-5-9(6-12-7-14)2-3-11(10)13-8/h2-5,7,13H,6H2,1H3,(H,12,14). The van der Waals surface area contributed by atoms with Crippen LogP contribution in [0.5, 0.6) is 0 Å². The smallest absolute Gasteiger partial charge is 0.207 e. The number of hydrogen-bond acceptors (Lipinski definition) is 1. The van der Waals surface area contributed by atoms with E-state index in [1.54, 1.807) is 0 Å². The van der Waals surface area contributed by atoms with Gasteiger partial charge in [-0.2, -0.15) is 0 Å². The quantitative estimate of drug-likeness (QED) is 0.708. The van der Waals surface area contributed by atoms with E-state index in [0.717, 1.165) is 16.8 Å². The fourth-order valence-corrected chi connectivity index (χ4v) is 1.60. The molecule has 0 spiro atoms. The predicted octanol–water partition coefficient (Wildman–Crippen LogP) is 1.72. The molecule has 3 heteroatoms. The summed E-state index contributed by atoms with van der Waals surface area (Å²) in [6.07, 6.45) is 0.715. The third-order valence-corrected chi connectivity index (χ3v) is 2.21. The Morgan fingerprint density at radius 1 is 1.43 bits per heavy atom. The van der Waals surface area contributed by atoms with E-state index in [1.165, 1.54) is 5.39 Å². The van der Waals surface area contributed by atoms with Crippen molar-refractivity contribution >= 4 is 17.3 Å². The summed E-state index contributed by atoms with van der Waals surface area (Å²) in [7, 11) is 0. The van der Waals surface area contributed by atoms with E-state index in [9.17, 15) is 4.79 Å². The average Bonchev–Trinajstić information content (AvgIpc) is 2.54. The molecule has 72 valence electrons. The predicted molar refractivity (Wildman–Crippen MR) is 55.9 cm³/mol. The van der Waals surface area contributed by atoms with Crippen molar-refractivity contribution in [3.05, 3.63) is 35.5 Å². The fourth-order valence-electron chi connectivity index (χ4n) is 1.60. The Morgan fingerprint density at radius 2 is 2.29 bits per heavy atom. The minimum absolute atomic E-state index is 0.587. The van der Waals surface area contributed by atoms with Crippen LogP contribution in [0.2, 0.25) is 0 Å². The third kappa shape index (κ3) is 1.62. The van der Waals surface area contributed by atoms with Gasteiger partial charge in [0.1, 0.15) is 0 Å². The van der Waals surface area contributed by atoms with E-state index in [4.69, 9.17) is 0 Å². The highest BCUT2D eigenvalue weighted by Gasteiger charge is 1.98. The van der Waals surface area contributed by atoms with Crippen molar-refractivity contribution in [3.63, 3.8) is 0 Å². The van der Waals surface area contributed by atoms with Gasteiger partial charge in [-0.3, -0.25) is 4.79 Å². The molecule has 0 atom stereocenters. The van der Waals surface area contributed by atoms with Gasteiger partial charge in [0.05, 0.1) is 0 Å². The zero-order chi connectivity index (χ0) is 9.97. The van der Waals surface area contributed by atoms with E-state index in [-0.39, 0.29) is 0 Å². The van der Waals surface area contributed by atoms with Crippen molar-refractivity contribution in [1.29, 1.82) is 0 Å². The molecule has 14 heavy (non-hydrogen) atoms. The maximum Gasteiger partial charge on any atom is 0.207 e. The van der Waals surface area contributed by atoms with Crippen LogP contribution in [0.1, 0.15) is 11.3 Å². The maximum atomic E-state index is 10.1. The van der Waals surface area contributed by atoms with Gasteiger partial charge in [-0.05, 0) is 36.1 Å². The molecule has 0 aliphatic carbocycles. The molecule has 0 aliphatic rings. The number of aryl methyl sites for hydroxylation is 1. The van der Waals surface area contributed by atoms with Crippen molar-refractivity contribution in [1.82, 2.24) is 10.3 Å². The van der Waals surface area contributed by atoms with Crippen molar-refractivity contribution in [2.75, 3.05) is 0 Å². The monoisotopic (exact) mass is 188 g/mol. The van der Waals surface area contributed by atoms with Crippen LogP contribution in [0.25, 0.3) is 10.9 Å². The Kier molecular flexibility index (Phi) is 2.23. The van der Waals surface area contributed by atoms with Crippen molar-refractivity contribution < 1.29 is 4.79 Å². The molecule has 1 heterocycles. The van der Waals surface area contributed by atoms with E-state index >= 15 is 0 Å². The lowest BCUT2D eigenvalue weighted by molar-refractivity contribution is -0.109. The molecule has 0 radical (unpaired) electrons. The molecule has 0 fully saturated rings. The molecule has 3 nitrogen and oxygen atoms in total. The molecule has 2 rings (SSSR count). The summed E-state index contributed by atoms with van der Waals surface area (Å²) < 4.78 is 0. The van der Waals surface area contributed by atoms with Crippen LogP contribution < -0.4 is 5.32 Å². The summed E-state index contributed by atoms with van der Waals surface area (Å²) in [5.41, 5.74) is 3.40. The topological polar surface area (TPSA) is 44.9 Å². The van der Waals surface area contributed by atoms with E-state index in [1.807, 2.05) is 19.1 Å². The van der Waals surface area contributed by atoms with E-state index in [0.29, 0.717) is 13.0 Å². The highest BCUT2D eigenvalue weighted by Crippen LogP contribution is 2.16. The summed E-state index contributed by atoms with van der Waals surface area (Å²) in [5, 5.41) is 3.83. The van der Waals surface area contributed by atoms with Gasteiger partial charge in [-0.1, -0.05) is 6.07 Å². The molecule has 1 aromatic heterocycles. The lowest BCUT2D eigenvalue weighted by Crippen LogP contribution is -2.09. The van der Waals surface area contributed by atoms with Crippen LogP contribution in [-0.2, 0) is 11.3 Å². The Labute approximate surface area is 82.1 Å². The largest absolute Gasteiger partial charge is 0.359 e. The zero-order valence-corrected chi connectivity index (χ0v) is 8.00. The molecule has 1 aromatic carbocycles. The van der Waals surface area contributed by atoms with Gasteiger partial charge in [0.2, 0.25) is 6.41 Å². The van der Waals surface area contributed by atoms with Gasteiger partial charge in [0.25, 0.3) is 0 Å². The molecular weight excluding hydrogens is 176 g/mol. The van der Waals surface area contributed by atoms with Crippen LogP contribution in [-0.4, -0.2) is 11.4 Å². The maximum absolute atomic E-state index is 10.1. The lowest BCUT2D eigenvalue weighted by Gasteiger charge is -1.99. The van der Waals surface area contributed by atoms with Crippen LogP contribution in [0.4, 0.5) is 0 Å². The van der Waals surface area contributed by atoms with Gasteiger partial charge in [-0.15, -0.1) is 0 Å². The molecule has 0 bridgehead atoms. The Bertz CT molecular complexity index is 459. The van der Waals surface area contributed by atoms with Crippen LogP contribution >= 0.6 is 0 Å². The highest BCUT2D eigenvalue weighted by molar-refractivity contribution is 5.81. The minimum atomic E-state index is 0.587. The molecular formula is C11H12N2O. The summed E-state index contributed by atoms with van der Waals surface area (Å²) in [6, 6.07) is 8.22. The molecule has 1 amide bonds. The molecule has 0 unspecified atom stereocenters. The van der Waals surface area contributed by atoms with E-state index < -0.39 is 0 Å². The van der Waals surface area contributed by atoms with Crippen molar-refractivity contribution in [2.24, 2.45) is 0 Å². The normalized spacial score (nSPS) is 10.4. The second kappa shape index (κ2) is 3.54. The second-order valence-electron chi connectivity index (χ2n) is 3.37. The first-order valence-electron chi connectivity index (χ1n) is 4.55. The molecule has 2 aromatic rings. The van der Waals surface area contributed by atoms with Gasteiger partial charge in [-0.25, -0.2) is 0 Å². The van der Waals surface area contributed by atoms with Gasteiger partial charge in [0, 0.05) is 17.8 Å². The molecule has 0 saturated carbocycles. The van der Waals surface area contributed by atoms with E-state index in [2.05, 4.69) is 22.4 Å². The summed E-state index contributed by atoms with van der Waals surface area (Å²) in [4.78, 5) is 13.4. The number of fused-ring (bicyclic) bond motifs is 1. The third-order valence-electron chi connectivity index (χ3n) is 2.21. The summed E-state index contributed by atoms with van der Waals surface area (Å²) in [6.45, 7) is 2.62. The van der Waals surface area contributed by atoms with Crippen LogP contribution in [0.3, 0.4) is 0 Å². The number of aromatic amines is 1. The minimum Gasteiger partial charge on any atom is -0.359 e. The van der Waals surface area contributed by atoms with Crippen LogP contribution in [0, 0.1) is 6.92 Å². The van der Waals surface area contributed by atoms with Gasteiger partial charge in [0.15, 0.2) is 0 Å². The van der Waals surface area contributed by atoms with Gasteiger partial charge < -0.3 is 10.3 Å². The number of amides is 1. The SMILES string of the molecule is Cc1cc2cc(CNC=O)ccc2[nH]1. The number of rotatable bonds is 3. The summed E-state index contributed by atoms with van der Waals surface area (Å²) >= 11 is 0. The number of carbonyl (C=O) groups is 1. The average molecular weight is 188 g/mol. The Morgan fingerprint density at radius 3 is 3.07 bits per heavy atom. The number of hydrogen-bond donors (Lipinski definition) is 2. The van der Waals surface area contributed by atoms with Crippen molar-refractivity contribution in [3.8, 4) is 0 Å². The first kappa shape index (κ1) is 8.81. The number of benzene rings is 1.